The first-order valence-corrected chi connectivity index (χ1v) is 9.20. The second-order valence-electron chi connectivity index (χ2n) is 7.33. The Labute approximate surface area is 147 Å². The molecule has 0 unspecified atom stereocenters. The lowest BCUT2D eigenvalue weighted by Crippen LogP contribution is -2.33. The minimum atomic E-state index is -0.305. The van der Waals surface area contributed by atoms with Crippen LogP contribution in [0.1, 0.15) is 32.1 Å². The van der Waals surface area contributed by atoms with Gasteiger partial charge in [-0.2, -0.15) is 4.98 Å². The largest absolute Gasteiger partial charge is 0.394 e. The number of pyridine rings is 1. The molecule has 134 valence electrons. The number of nitrogens with one attached hydrogen (secondary N) is 1. The zero-order chi connectivity index (χ0) is 17.3. The van der Waals surface area contributed by atoms with Crippen molar-refractivity contribution in [3.8, 4) is 0 Å². The molecule has 2 aromatic heterocycles. The lowest BCUT2D eigenvalue weighted by atomic mass is 10.1. The van der Waals surface area contributed by atoms with Gasteiger partial charge in [0.2, 0.25) is 5.95 Å². The number of likely N-dealkylation sites (tertiary alicyclic amines) is 1. The Bertz CT molecular complexity index is 747. The molecule has 3 heterocycles. The monoisotopic (exact) mass is 342 g/mol. The summed E-state index contributed by atoms with van der Waals surface area (Å²) in [6, 6.07) is 3.71. The van der Waals surface area contributed by atoms with E-state index in [0.717, 1.165) is 24.9 Å². The first kappa shape index (κ1) is 16.5. The zero-order valence-corrected chi connectivity index (χ0v) is 14.5. The van der Waals surface area contributed by atoms with Crippen LogP contribution in [0.4, 0.5) is 11.8 Å². The van der Waals surface area contributed by atoms with Gasteiger partial charge in [-0.25, -0.2) is 4.98 Å². The van der Waals surface area contributed by atoms with Crippen molar-refractivity contribution >= 4 is 22.8 Å². The Balaban J connectivity index is 1.46. The summed E-state index contributed by atoms with van der Waals surface area (Å²) >= 11 is 0. The number of piperidine rings is 1. The summed E-state index contributed by atoms with van der Waals surface area (Å²) in [4.78, 5) is 15.5. The molecule has 0 radical (unpaired) electrons. The van der Waals surface area contributed by atoms with Crippen molar-refractivity contribution in [2.75, 3.05) is 37.3 Å². The highest BCUT2D eigenvalue weighted by molar-refractivity contribution is 5.86. The lowest BCUT2D eigenvalue weighted by Gasteiger charge is -2.27. The molecule has 4 N–H and O–H groups in total. The van der Waals surface area contributed by atoms with Crippen LogP contribution >= 0.6 is 0 Å². The highest BCUT2D eigenvalue weighted by atomic mass is 16.3. The summed E-state index contributed by atoms with van der Waals surface area (Å²) in [5, 5.41) is 13.4. The van der Waals surface area contributed by atoms with E-state index in [2.05, 4.69) is 25.2 Å². The van der Waals surface area contributed by atoms with Crippen molar-refractivity contribution < 1.29 is 5.11 Å². The molecule has 7 heteroatoms. The summed E-state index contributed by atoms with van der Waals surface area (Å²) in [6.07, 6.45) is 7.75. The van der Waals surface area contributed by atoms with Crippen LogP contribution in [0.5, 0.6) is 0 Å². The van der Waals surface area contributed by atoms with Gasteiger partial charge in [0, 0.05) is 6.20 Å². The summed E-state index contributed by atoms with van der Waals surface area (Å²) in [5.74, 6) is 1.30. The fourth-order valence-corrected chi connectivity index (χ4v) is 3.98. The maximum atomic E-state index is 10.00. The van der Waals surface area contributed by atoms with Crippen LogP contribution in [-0.4, -0.2) is 56.7 Å². The Morgan fingerprint density at radius 1 is 1.28 bits per heavy atom. The molecule has 2 fully saturated rings. The molecule has 1 aliphatic carbocycles. The molecule has 2 aliphatic rings. The second kappa shape index (κ2) is 6.72. The molecular weight excluding hydrogens is 316 g/mol. The van der Waals surface area contributed by atoms with Gasteiger partial charge in [-0.05, 0) is 63.4 Å². The molecule has 2 atom stereocenters. The van der Waals surface area contributed by atoms with Crippen LogP contribution < -0.4 is 11.1 Å². The van der Waals surface area contributed by atoms with Gasteiger partial charge in [-0.1, -0.05) is 6.42 Å². The molecule has 25 heavy (non-hydrogen) atoms. The van der Waals surface area contributed by atoms with Gasteiger partial charge in [-0.3, -0.25) is 4.98 Å². The highest BCUT2D eigenvalue weighted by Crippen LogP contribution is 2.48. The van der Waals surface area contributed by atoms with E-state index < -0.39 is 0 Å². The number of hydrogen-bond donors (Lipinski definition) is 3. The van der Waals surface area contributed by atoms with Crippen molar-refractivity contribution in [2.45, 2.75) is 37.6 Å². The summed E-state index contributed by atoms with van der Waals surface area (Å²) in [7, 11) is 0. The van der Waals surface area contributed by atoms with Crippen molar-refractivity contribution in [1.82, 2.24) is 19.9 Å². The van der Waals surface area contributed by atoms with E-state index in [-0.39, 0.29) is 18.1 Å². The van der Waals surface area contributed by atoms with Crippen LogP contribution in [0.3, 0.4) is 0 Å². The average molecular weight is 342 g/mol. The molecule has 7 nitrogen and oxygen atoms in total. The van der Waals surface area contributed by atoms with Gasteiger partial charge < -0.3 is 21.1 Å². The van der Waals surface area contributed by atoms with E-state index in [1.807, 2.05) is 12.1 Å². The molecule has 0 aromatic carbocycles. The normalized spacial score (nSPS) is 26.7. The van der Waals surface area contributed by atoms with E-state index in [1.165, 1.54) is 32.4 Å². The minimum absolute atomic E-state index is 0.0932. The van der Waals surface area contributed by atoms with Crippen molar-refractivity contribution in [2.24, 2.45) is 5.92 Å². The van der Waals surface area contributed by atoms with E-state index >= 15 is 0 Å². The van der Waals surface area contributed by atoms with Crippen LogP contribution in [0, 0.1) is 5.92 Å². The van der Waals surface area contributed by atoms with Gasteiger partial charge in [0.1, 0.15) is 5.52 Å². The smallest absolute Gasteiger partial charge is 0.222 e. The fourth-order valence-electron chi connectivity index (χ4n) is 3.98. The van der Waals surface area contributed by atoms with Crippen LogP contribution in [0.25, 0.3) is 11.0 Å². The summed E-state index contributed by atoms with van der Waals surface area (Å²) in [6.45, 7) is 3.63. The molecule has 2 aromatic rings. The Hall–Kier alpha value is -1.99. The number of nitrogens with zero attached hydrogens (tertiary/aromatic N) is 4. The first-order chi connectivity index (χ1) is 12.2. The molecule has 0 bridgehead atoms. The molecule has 1 saturated heterocycles. The van der Waals surface area contributed by atoms with E-state index in [0.29, 0.717) is 17.3 Å². The van der Waals surface area contributed by atoms with E-state index in [9.17, 15) is 5.11 Å². The maximum absolute atomic E-state index is 10.00. The average Bonchev–Trinajstić information content (AvgIpc) is 3.34. The summed E-state index contributed by atoms with van der Waals surface area (Å²) < 4.78 is 0. The van der Waals surface area contributed by atoms with Gasteiger partial charge >= 0.3 is 0 Å². The number of aliphatic hydroxyl groups is 1. The number of anilines is 2. The third-order valence-electron chi connectivity index (χ3n) is 5.60. The predicted octanol–water partition coefficient (Wildman–Crippen LogP) is 1.65. The fraction of sp³-hybridized carbons (Fsp3) is 0.611. The Morgan fingerprint density at radius 2 is 2.12 bits per heavy atom. The topological polar surface area (TPSA) is 100 Å². The zero-order valence-electron chi connectivity index (χ0n) is 14.5. The Morgan fingerprint density at radius 3 is 2.92 bits per heavy atom. The number of hydrogen-bond acceptors (Lipinski definition) is 7. The highest BCUT2D eigenvalue weighted by Gasteiger charge is 2.53. The maximum Gasteiger partial charge on any atom is 0.222 e. The van der Waals surface area contributed by atoms with E-state index in [1.54, 1.807) is 6.20 Å². The standard InChI is InChI=1S/C18H26N6O/c19-17-21-14-5-4-7-20-15(14)16(22-17)23-18(12-25)11-13(18)6-10-24-8-2-1-3-9-24/h4-5,7,13,25H,1-3,6,8-12H2,(H3,19,21,22,23)/t13-,18+/m1/s1. The van der Waals surface area contributed by atoms with Crippen LogP contribution in [0.2, 0.25) is 0 Å². The number of nitrogens with two attached hydrogens (primary N) is 1. The molecule has 0 amide bonds. The van der Waals surface area contributed by atoms with Gasteiger partial charge in [0.05, 0.1) is 17.7 Å². The second-order valence-corrected chi connectivity index (χ2v) is 7.33. The summed E-state index contributed by atoms with van der Waals surface area (Å²) in [5.41, 5.74) is 6.95. The lowest BCUT2D eigenvalue weighted by molar-refractivity contribution is 0.214. The van der Waals surface area contributed by atoms with Crippen molar-refractivity contribution in [1.29, 1.82) is 0 Å². The number of aromatic nitrogens is 3. The number of rotatable bonds is 6. The third kappa shape index (κ3) is 3.39. The van der Waals surface area contributed by atoms with Crippen molar-refractivity contribution in [3.63, 3.8) is 0 Å². The van der Waals surface area contributed by atoms with Crippen LogP contribution in [0.15, 0.2) is 18.3 Å². The molecule has 0 spiro atoms. The molecular formula is C18H26N6O. The molecule has 4 rings (SSSR count). The number of nitrogen functional groups attached to an aromatic ring is 1. The molecule has 1 saturated carbocycles. The quantitative estimate of drug-likeness (QED) is 0.734. The number of aliphatic hydroxyl groups excluding tert-OH is 1. The Kier molecular flexibility index (Phi) is 4.43. The van der Waals surface area contributed by atoms with Gasteiger partial charge in [0.15, 0.2) is 5.82 Å². The molecule has 1 aliphatic heterocycles. The van der Waals surface area contributed by atoms with Gasteiger partial charge in [-0.15, -0.1) is 0 Å². The SMILES string of the molecule is Nc1nc(N[C@]2(CO)C[C@H]2CCN2CCCCC2)c2ncccc2n1. The number of fused-ring (bicyclic) bond motifs is 1. The van der Waals surface area contributed by atoms with Gasteiger partial charge in [0.25, 0.3) is 0 Å². The van der Waals surface area contributed by atoms with E-state index in [4.69, 9.17) is 5.73 Å². The third-order valence-corrected chi connectivity index (χ3v) is 5.60. The minimum Gasteiger partial charge on any atom is -0.394 e. The van der Waals surface area contributed by atoms with Crippen molar-refractivity contribution in [3.05, 3.63) is 18.3 Å². The predicted molar refractivity (Wildman–Crippen MR) is 98.2 cm³/mol. The van der Waals surface area contributed by atoms with Crippen LogP contribution in [-0.2, 0) is 0 Å². The first-order valence-electron chi connectivity index (χ1n) is 9.20.